The molecule has 0 rings (SSSR count). The van der Waals surface area contributed by atoms with E-state index in [2.05, 4.69) is 0 Å². The van der Waals surface area contributed by atoms with Crippen LogP contribution in [0.1, 0.15) is 0 Å². The molecule has 0 spiro atoms. The fourth-order valence-electron chi connectivity index (χ4n) is 0. The summed E-state index contributed by atoms with van der Waals surface area (Å²) in [7, 11) is 0. The van der Waals surface area contributed by atoms with Crippen molar-refractivity contribution in [2.24, 2.45) is 0 Å². The third-order valence-electron chi connectivity index (χ3n) is 0. The van der Waals surface area contributed by atoms with Gasteiger partial charge in [0, 0.05) is 19.5 Å². The molecule has 0 saturated heterocycles. The van der Waals surface area contributed by atoms with Crippen LogP contribution >= 0.6 is 12.4 Å². The molecule has 4 heavy (non-hydrogen) atoms. The van der Waals surface area contributed by atoms with E-state index in [9.17, 15) is 0 Å². The van der Waals surface area contributed by atoms with Gasteiger partial charge < -0.3 is 0 Å². The van der Waals surface area contributed by atoms with E-state index in [1.165, 1.54) is 0 Å². The largest absolute Gasteiger partial charge is 0 e. The predicted octanol–water partition coefficient (Wildman–Crippen LogP) is -1.41. The van der Waals surface area contributed by atoms with E-state index < -0.39 is 0 Å². The summed E-state index contributed by atoms with van der Waals surface area (Å²) in [6.07, 6.45) is 0. The van der Waals surface area contributed by atoms with Gasteiger partial charge in [-0.05, 0) is 0 Å². The van der Waals surface area contributed by atoms with Crippen molar-refractivity contribution in [3.63, 3.8) is 0 Å². The molecule has 0 aliphatic heterocycles. The Morgan fingerprint density at radius 2 is 0.750 bits per heavy atom. The summed E-state index contributed by atoms with van der Waals surface area (Å²) >= 11 is 0. The molecule has 0 saturated carbocycles. The molecule has 0 N–H and O–H groups in total. The first-order valence-corrected chi connectivity index (χ1v) is 0. The van der Waals surface area contributed by atoms with Crippen LogP contribution in [0.4, 0.5) is 0 Å². The third kappa shape index (κ3) is 9.06. The third-order valence-corrected chi connectivity index (χ3v) is 0. The Bertz CT molecular complexity index is 6.00. The van der Waals surface area contributed by atoms with Crippen LogP contribution in [0.3, 0.4) is 0 Å². The zero-order valence-electron chi connectivity index (χ0n) is 1.12. The molecule has 0 aromatic heterocycles. The van der Waals surface area contributed by atoms with Crippen LogP contribution in [-0.4, -0.2) is 75.5 Å². The van der Waals surface area contributed by atoms with Crippen molar-refractivity contribution in [3.8, 4) is 0 Å². The summed E-state index contributed by atoms with van der Waals surface area (Å²) in [4.78, 5) is 0. The average Bonchev–Trinajstić information content (AvgIpc) is 0. The molecule has 0 aliphatic rings. The summed E-state index contributed by atoms with van der Waals surface area (Å²) in [6, 6.07) is 0. The van der Waals surface area contributed by atoms with E-state index in [0.29, 0.717) is 0 Å². The second-order valence-electron chi connectivity index (χ2n) is 0. The van der Waals surface area contributed by atoms with E-state index in [-0.39, 0.29) is 107 Å². The maximum Gasteiger partial charge on any atom is 0 e. The summed E-state index contributed by atoms with van der Waals surface area (Å²) in [5.41, 5.74) is 0. The van der Waals surface area contributed by atoms with Gasteiger partial charge in [0.25, 0.3) is 0 Å². The van der Waals surface area contributed by atoms with Crippen LogP contribution in [0.15, 0.2) is 0 Å². The molecule has 0 aromatic rings. The van der Waals surface area contributed by atoms with E-state index in [4.69, 9.17) is 0 Å². The topological polar surface area (TPSA) is 0 Å². The quantitative estimate of drug-likeness (QED) is 0.407. The minimum Gasteiger partial charge on any atom is 0 e. The van der Waals surface area contributed by atoms with Crippen LogP contribution in [0.25, 0.3) is 0 Å². The molecule has 0 fully saturated rings. The van der Waals surface area contributed by atoms with Gasteiger partial charge in [0.05, 0.1) is 0 Å². The standard InChI is InChI=1S/2Ca.ClH.Zn.4H/h;;1H;;;;;. The summed E-state index contributed by atoms with van der Waals surface area (Å²) < 4.78 is 0. The van der Waals surface area contributed by atoms with Crippen LogP contribution < -0.4 is 0 Å². The van der Waals surface area contributed by atoms with Crippen molar-refractivity contribution in [3.05, 3.63) is 0 Å². The minimum absolute atomic E-state index is 0. The van der Waals surface area contributed by atoms with Gasteiger partial charge in [-0.25, -0.2) is 0 Å². The smallest absolute Gasteiger partial charge is 0 e. The summed E-state index contributed by atoms with van der Waals surface area (Å²) in [6.45, 7) is 0. The van der Waals surface area contributed by atoms with Gasteiger partial charge in [-0.15, -0.1) is 12.4 Å². The monoisotopic (exact) mass is 184 g/mol. The SMILES string of the molecule is Cl.[CaH2].[CaH2].[Zn]. The molecule has 0 aliphatic carbocycles. The minimum atomic E-state index is 0. The van der Waals surface area contributed by atoms with Crippen molar-refractivity contribution in [1.82, 2.24) is 0 Å². The van der Waals surface area contributed by atoms with Crippen molar-refractivity contribution >= 4 is 87.9 Å². The second kappa shape index (κ2) is 16.1. The first-order valence-electron chi connectivity index (χ1n) is 0. The van der Waals surface area contributed by atoms with Gasteiger partial charge in [-0.1, -0.05) is 0 Å². The van der Waals surface area contributed by atoms with Crippen molar-refractivity contribution in [1.29, 1.82) is 0 Å². The normalized spacial score (nSPS) is 0. The van der Waals surface area contributed by atoms with Crippen LogP contribution in [0.5, 0.6) is 0 Å². The number of hydrogen-bond donors (Lipinski definition) is 0. The average molecular weight is 186 g/mol. The second-order valence-corrected chi connectivity index (χ2v) is 0. The zero-order valence-corrected chi connectivity index (χ0v) is 4.90. The maximum atomic E-state index is 0. The molecule has 4 heteroatoms. The molecule has 0 nitrogen and oxygen atoms in total. The summed E-state index contributed by atoms with van der Waals surface area (Å²) in [5, 5.41) is 0. The molecule has 0 atom stereocenters. The number of halogens is 1. The van der Waals surface area contributed by atoms with Gasteiger partial charge in [-0.3, -0.25) is 0 Å². The van der Waals surface area contributed by atoms with Gasteiger partial charge in [0.15, 0.2) is 0 Å². The molecule has 0 amide bonds. The molecule has 0 radical (unpaired) electrons. The van der Waals surface area contributed by atoms with Crippen molar-refractivity contribution in [2.45, 2.75) is 0 Å². The van der Waals surface area contributed by atoms with E-state index in [1.54, 1.807) is 0 Å². The molecular formula is H5Ca2ClZn. The summed E-state index contributed by atoms with van der Waals surface area (Å²) in [5.74, 6) is 0. The van der Waals surface area contributed by atoms with Gasteiger partial charge in [0.1, 0.15) is 0 Å². The Labute approximate surface area is 105 Å². The Morgan fingerprint density at radius 1 is 0.750 bits per heavy atom. The van der Waals surface area contributed by atoms with Gasteiger partial charge in [0.2, 0.25) is 0 Å². The number of hydrogen-bond acceptors (Lipinski definition) is 0. The molecule has 0 aromatic carbocycles. The zero-order chi connectivity index (χ0) is 0. The Morgan fingerprint density at radius 3 is 0.750 bits per heavy atom. The van der Waals surface area contributed by atoms with Crippen molar-refractivity contribution in [2.75, 3.05) is 0 Å². The van der Waals surface area contributed by atoms with Crippen LogP contribution in [0, 0.1) is 0 Å². The Hall–Kier alpha value is 3.43. The first kappa shape index (κ1) is 26.1. The van der Waals surface area contributed by atoms with E-state index in [1.807, 2.05) is 0 Å². The van der Waals surface area contributed by atoms with E-state index in [0.717, 1.165) is 0 Å². The molecule has 0 heterocycles. The molecule has 0 unspecified atom stereocenters. The molecule has 0 bridgehead atoms. The molecular weight excluding hydrogens is 181 g/mol. The van der Waals surface area contributed by atoms with Crippen molar-refractivity contribution < 1.29 is 19.5 Å². The van der Waals surface area contributed by atoms with Crippen LogP contribution in [-0.2, 0) is 19.5 Å². The fraction of sp³-hybridized carbons (Fsp3) is 0. The van der Waals surface area contributed by atoms with Crippen LogP contribution in [0.2, 0.25) is 0 Å². The predicted molar refractivity (Wildman–Crippen MR) is 24.3 cm³/mol. The van der Waals surface area contributed by atoms with Gasteiger partial charge >= 0.3 is 75.5 Å². The van der Waals surface area contributed by atoms with Gasteiger partial charge in [-0.2, -0.15) is 0 Å². The maximum absolute atomic E-state index is 0. The fourth-order valence-corrected chi connectivity index (χ4v) is 0. The number of rotatable bonds is 0. The first-order chi connectivity index (χ1) is 0. The Balaban J connectivity index is 0. The van der Waals surface area contributed by atoms with E-state index >= 15 is 0 Å². The molecule has 18 valence electrons. The Kier molecular flexibility index (Phi) is 105.